The van der Waals surface area contributed by atoms with Crippen LogP contribution < -0.4 is 11.1 Å². The summed E-state index contributed by atoms with van der Waals surface area (Å²) >= 11 is 11.9. The fourth-order valence-corrected chi connectivity index (χ4v) is 2.61. The first kappa shape index (κ1) is 15.7. The van der Waals surface area contributed by atoms with Crippen LogP contribution in [-0.4, -0.2) is 5.91 Å². The van der Waals surface area contributed by atoms with E-state index in [1.54, 1.807) is 36.4 Å². The Bertz CT molecular complexity index is 643. The molecule has 2 aromatic carbocycles. The number of anilines is 1. The van der Waals surface area contributed by atoms with Crippen molar-refractivity contribution in [1.29, 1.82) is 0 Å². The van der Waals surface area contributed by atoms with Crippen molar-refractivity contribution >= 4 is 34.8 Å². The lowest BCUT2D eigenvalue weighted by molar-refractivity contribution is -0.122. The molecule has 0 saturated carbocycles. The normalized spacial score (nSPS) is 13.5. The molecule has 5 heteroatoms. The van der Waals surface area contributed by atoms with Gasteiger partial charge in [0.25, 0.3) is 0 Å². The van der Waals surface area contributed by atoms with Gasteiger partial charge in [-0.05, 0) is 42.3 Å². The number of halogens is 2. The number of amides is 1. The second-order valence-corrected chi connectivity index (χ2v) is 5.64. The smallest absolute Gasteiger partial charge is 0.247 e. The Hall–Kier alpha value is -1.71. The third-order valence-corrected chi connectivity index (χ3v) is 3.96. The summed E-state index contributed by atoms with van der Waals surface area (Å²) in [5.74, 6) is -0.452. The van der Waals surface area contributed by atoms with Crippen molar-refractivity contribution in [2.75, 3.05) is 5.32 Å². The van der Waals surface area contributed by atoms with Gasteiger partial charge in [0.15, 0.2) is 0 Å². The maximum Gasteiger partial charge on any atom is 0.247 e. The Morgan fingerprint density at radius 1 is 1.14 bits per heavy atom. The molecule has 0 aliphatic carbocycles. The molecule has 1 unspecified atom stereocenters. The van der Waals surface area contributed by atoms with E-state index in [4.69, 9.17) is 28.9 Å². The molecule has 2 rings (SSSR count). The van der Waals surface area contributed by atoms with Crippen LogP contribution in [-0.2, 0) is 10.3 Å². The van der Waals surface area contributed by atoms with E-state index in [-0.39, 0.29) is 0 Å². The summed E-state index contributed by atoms with van der Waals surface area (Å²) in [7, 11) is 0. The number of hydrogen-bond acceptors (Lipinski definition) is 2. The molecule has 1 atom stereocenters. The van der Waals surface area contributed by atoms with Crippen molar-refractivity contribution in [3.8, 4) is 0 Å². The Morgan fingerprint density at radius 3 is 2.33 bits per heavy atom. The maximum atomic E-state index is 12.1. The number of carbonyl (C=O) groups is 1. The van der Waals surface area contributed by atoms with Crippen LogP contribution in [0.2, 0.25) is 10.0 Å². The zero-order valence-electron chi connectivity index (χ0n) is 11.6. The van der Waals surface area contributed by atoms with Gasteiger partial charge in [0.05, 0.1) is 0 Å². The lowest BCUT2D eigenvalue weighted by Crippen LogP contribution is -2.47. The third-order valence-electron chi connectivity index (χ3n) is 3.47. The molecule has 0 saturated heterocycles. The Balaban J connectivity index is 2.46. The van der Waals surface area contributed by atoms with Gasteiger partial charge in [0, 0.05) is 15.7 Å². The van der Waals surface area contributed by atoms with Crippen molar-refractivity contribution in [1.82, 2.24) is 0 Å². The molecule has 0 fully saturated rings. The molecule has 21 heavy (non-hydrogen) atoms. The number of primary amides is 1. The minimum absolute atomic E-state index is 0.452. The maximum absolute atomic E-state index is 12.1. The first-order valence-electron chi connectivity index (χ1n) is 6.57. The minimum atomic E-state index is -1.00. The zero-order valence-corrected chi connectivity index (χ0v) is 13.1. The molecule has 0 radical (unpaired) electrons. The van der Waals surface area contributed by atoms with Crippen LogP contribution in [0.4, 0.5) is 5.69 Å². The number of carbonyl (C=O) groups excluding carboxylic acids is 1. The summed E-state index contributed by atoms with van der Waals surface area (Å²) in [5.41, 5.74) is 6.17. The van der Waals surface area contributed by atoms with E-state index >= 15 is 0 Å². The van der Waals surface area contributed by atoms with Crippen LogP contribution in [0.15, 0.2) is 48.5 Å². The third kappa shape index (κ3) is 3.31. The molecule has 0 aliphatic heterocycles. The van der Waals surface area contributed by atoms with Crippen molar-refractivity contribution in [2.45, 2.75) is 18.9 Å². The number of benzene rings is 2. The van der Waals surface area contributed by atoms with Gasteiger partial charge < -0.3 is 11.1 Å². The van der Waals surface area contributed by atoms with Crippen molar-refractivity contribution < 1.29 is 4.79 Å². The number of rotatable bonds is 5. The van der Waals surface area contributed by atoms with E-state index in [2.05, 4.69) is 5.32 Å². The second-order valence-electron chi connectivity index (χ2n) is 4.77. The summed E-state index contributed by atoms with van der Waals surface area (Å²) < 4.78 is 0. The van der Waals surface area contributed by atoms with Gasteiger partial charge in [-0.3, -0.25) is 4.79 Å². The first-order chi connectivity index (χ1) is 9.98. The monoisotopic (exact) mass is 322 g/mol. The molecule has 0 aliphatic rings. The zero-order chi connectivity index (χ0) is 15.5. The molecule has 2 aromatic rings. The van der Waals surface area contributed by atoms with Crippen molar-refractivity contribution in [3.05, 3.63) is 64.1 Å². The summed E-state index contributed by atoms with van der Waals surface area (Å²) in [6.07, 6.45) is 0.497. The highest BCUT2D eigenvalue weighted by Crippen LogP contribution is 2.31. The van der Waals surface area contributed by atoms with Gasteiger partial charge in [-0.2, -0.15) is 0 Å². The molecule has 110 valence electrons. The predicted molar refractivity (Wildman–Crippen MR) is 87.7 cm³/mol. The molecule has 1 amide bonds. The van der Waals surface area contributed by atoms with Gasteiger partial charge in [-0.25, -0.2) is 0 Å². The lowest BCUT2D eigenvalue weighted by Gasteiger charge is -2.32. The average molecular weight is 323 g/mol. The van der Waals surface area contributed by atoms with Gasteiger partial charge in [-0.1, -0.05) is 48.3 Å². The molecule has 0 bridgehead atoms. The summed E-state index contributed by atoms with van der Waals surface area (Å²) in [6.45, 7) is 1.90. The van der Waals surface area contributed by atoms with E-state index < -0.39 is 11.4 Å². The Kier molecular flexibility index (Phi) is 4.76. The quantitative estimate of drug-likeness (QED) is 0.866. The Morgan fingerprint density at radius 2 is 1.81 bits per heavy atom. The molecule has 3 nitrogen and oxygen atoms in total. The van der Waals surface area contributed by atoms with Gasteiger partial charge in [0.1, 0.15) is 5.54 Å². The predicted octanol–water partition coefficient (Wildman–Crippen LogP) is 4.20. The van der Waals surface area contributed by atoms with Gasteiger partial charge >= 0.3 is 0 Å². The lowest BCUT2D eigenvalue weighted by atomic mass is 9.86. The molecule has 3 N–H and O–H groups in total. The highest BCUT2D eigenvalue weighted by molar-refractivity contribution is 6.31. The summed E-state index contributed by atoms with van der Waals surface area (Å²) in [6, 6.07) is 14.3. The minimum Gasteiger partial charge on any atom is -0.368 e. The molecular weight excluding hydrogens is 307 g/mol. The Labute approximate surface area is 134 Å². The first-order valence-corrected chi connectivity index (χ1v) is 7.33. The SMILES string of the molecule is CCC(Nc1cccc(Cl)c1)(C(N)=O)c1ccc(Cl)cc1. The van der Waals surface area contributed by atoms with Gasteiger partial charge in [0.2, 0.25) is 5.91 Å². The highest BCUT2D eigenvalue weighted by atomic mass is 35.5. The molecule has 0 aromatic heterocycles. The van der Waals surface area contributed by atoms with Crippen LogP contribution in [0.1, 0.15) is 18.9 Å². The van der Waals surface area contributed by atoms with E-state index in [1.807, 2.05) is 19.1 Å². The van der Waals surface area contributed by atoms with Crippen LogP contribution in [0, 0.1) is 0 Å². The largest absolute Gasteiger partial charge is 0.368 e. The standard InChI is InChI=1S/C16H16Cl2N2O/c1-2-16(15(19)21,11-6-8-12(17)9-7-11)20-14-5-3-4-13(18)10-14/h3-10,20H,2H2,1H3,(H2,19,21). The van der Waals surface area contributed by atoms with E-state index in [1.165, 1.54) is 0 Å². The van der Waals surface area contributed by atoms with Crippen LogP contribution in [0.5, 0.6) is 0 Å². The second kappa shape index (κ2) is 6.37. The van der Waals surface area contributed by atoms with E-state index in [9.17, 15) is 4.79 Å². The average Bonchev–Trinajstić information content (AvgIpc) is 2.45. The summed E-state index contributed by atoms with van der Waals surface area (Å²) in [5, 5.41) is 4.41. The van der Waals surface area contributed by atoms with Crippen LogP contribution >= 0.6 is 23.2 Å². The van der Waals surface area contributed by atoms with E-state index in [0.29, 0.717) is 16.5 Å². The van der Waals surface area contributed by atoms with Gasteiger partial charge in [-0.15, -0.1) is 0 Å². The fraction of sp³-hybridized carbons (Fsp3) is 0.188. The molecule has 0 spiro atoms. The van der Waals surface area contributed by atoms with Crippen molar-refractivity contribution in [2.24, 2.45) is 5.73 Å². The van der Waals surface area contributed by atoms with E-state index in [0.717, 1.165) is 11.3 Å². The highest BCUT2D eigenvalue weighted by Gasteiger charge is 2.36. The van der Waals surface area contributed by atoms with Crippen molar-refractivity contribution in [3.63, 3.8) is 0 Å². The van der Waals surface area contributed by atoms with Crippen LogP contribution in [0.3, 0.4) is 0 Å². The topological polar surface area (TPSA) is 55.1 Å². The summed E-state index contributed by atoms with van der Waals surface area (Å²) in [4.78, 5) is 12.1. The molecule has 0 heterocycles. The fourth-order valence-electron chi connectivity index (χ4n) is 2.29. The number of hydrogen-bond donors (Lipinski definition) is 2. The van der Waals surface area contributed by atoms with Crippen LogP contribution in [0.25, 0.3) is 0 Å². The number of nitrogens with two attached hydrogens (primary N) is 1. The molecular formula is C16H16Cl2N2O. The number of nitrogens with one attached hydrogen (secondary N) is 1.